The molecule has 2 aromatic carbocycles. The zero-order valence-corrected chi connectivity index (χ0v) is 20.1. The minimum atomic E-state index is -0.347. The van der Waals surface area contributed by atoms with E-state index in [9.17, 15) is 14.0 Å². The second kappa shape index (κ2) is 10.0. The number of aryl methyl sites for hydroxylation is 1. The first-order chi connectivity index (χ1) is 17.9. The van der Waals surface area contributed by atoms with Gasteiger partial charge in [0, 0.05) is 24.0 Å². The van der Waals surface area contributed by atoms with Gasteiger partial charge < -0.3 is 19.1 Å². The lowest BCUT2D eigenvalue weighted by molar-refractivity contribution is -0.121. The van der Waals surface area contributed by atoms with Crippen LogP contribution >= 0.6 is 0 Å². The number of hydrogen-bond donors (Lipinski definition) is 1. The maximum Gasteiger partial charge on any atom is 0.263 e. The number of ether oxygens (including phenoxy) is 1. The molecule has 0 saturated heterocycles. The molecule has 0 bridgehead atoms. The second-order valence-corrected chi connectivity index (χ2v) is 8.38. The first kappa shape index (κ1) is 23.9. The molecule has 0 saturated carbocycles. The van der Waals surface area contributed by atoms with E-state index in [1.165, 1.54) is 18.3 Å². The van der Waals surface area contributed by atoms with Crippen molar-refractivity contribution in [1.29, 1.82) is 0 Å². The van der Waals surface area contributed by atoms with E-state index in [1.807, 2.05) is 0 Å². The van der Waals surface area contributed by atoms with Gasteiger partial charge in [0.25, 0.3) is 5.89 Å². The molecule has 1 N–H and O–H groups in total. The summed E-state index contributed by atoms with van der Waals surface area (Å²) in [5, 5.41) is 7.14. The van der Waals surface area contributed by atoms with E-state index in [4.69, 9.17) is 9.26 Å². The molecular formula is C27H22FN5O4. The number of fused-ring (bicyclic) bond motifs is 1. The van der Waals surface area contributed by atoms with E-state index < -0.39 is 0 Å². The predicted octanol–water partition coefficient (Wildman–Crippen LogP) is 3.89. The van der Waals surface area contributed by atoms with Crippen molar-refractivity contribution in [3.63, 3.8) is 0 Å². The molecule has 0 atom stereocenters. The van der Waals surface area contributed by atoms with Crippen molar-refractivity contribution < 1.29 is 18.4 Å². The Balaban J connectivity index is 1.47. The molecule has 0 unspecified atom stereocenters. The number of benzene rings is 2. The van der Waals surface area contributed by atoms with Gasteiger partial charge in [-0.25, -0.2) is 9.37 Å². The van der Waals surface area contributed by atoms with Crippen molar-refractivity contribution in [1.82, 2.24) is 25.0 Å². The molecule has 0 spiro atoms. The smallest absolute Gasteiger partial charge is 0.263 e. The molecule has 0 aliphatic heterocycles. The topological polar surface area (TPSA) is 112 Å². The summed E-state index contributed by atoms with van der Waals surface area (Å²) in [6.45, 7) is 1.92. The van der Waals surface area contributed by atoms with Gasteiger partial charge in [-0.05, 0) is 61.0 Å². The van der Waals surface area contributed by atoms with E-state index >= 15 is 0 Å². The molecule has 0 aliphatic rings. The number of rotatable bonds is 7. The van der Waals surface area contributed by atoms with Crippen molar-refractivity contribution in [2.24, 2.45) is 0 Å². The first-order valence-electron chi connectivity index (χ1n) is 11.4. The van der Waals surface area contributed by atoms with E-state index in [0.717, 1.165) is 5.56 Å². The summed E-state index contributed by atoms with van der Waals surface area (Å²) < 4.78 is 25.3. The molecule has 0 fully saturated rings. The fourth-order valence-electron chi connectivity index (χ4n) is 3.84. The number of amides is 1. The molecule has 5 aromatic rings. The summed E-state index contributed by atoms with van der Waals surface area (Å²) in [6.07, 6.45) is 1.50. The van der Waals surface area contributed by atoms with Crippen LogP contribution in [0.25, 0.3) is 33.9 Å². The average Bonchev–Trinajstić information content (AvgIpc) is 3.40. The Bertz CT molecular complexity index is 1640. The van der Waals surface area contributed by atoms with Crippen LogP contribution in [0.5, 0.6) is 5.75 Å². The van der Waals surface area contributed by atoms with Crippen LogP contribution in [0.15, 0.2) is 76.2 Å². The zero-order chi connectivity index (χ0) is 25.9. The number of pyridine rings is 2. The van der Waals surface area contributed by atoms with Crippen LogP contribution in [0.2, 0.25) is 0 Å². The van der Waals surface area contributed by atoms with Crippen molar-refractivity contribution in [3.8, 4) is 28.6 Å². The number of aromatic nitrogens is 4. The molecule has 186 valence electrons. The Hall–Kier alpha value is -4.86. The second-order valence-electron chi connectivity index (χ2n) is 8.38. The minimum Gasteiger partial charge on any atom is -0.497 e. The summed E-state index contributed by atoms with van der Waals surface area (Å²) in [4.78, 5) is 35.0. The van der Waals surface area contributed by atoms with E-state index in [-0.39, 0.29) is 41.7 Å². The number of carbonyl (C=O) groups excluding carboxylic acids is 1. The first-order valence-corrected chi connectivity index (χ1v) is 11.4. The fraction of sp³-hybridized carbons (Fsp3) is 0.148. The van der Waals surface area contributed by atoms with E-state index in [2.05, 4.69) is 20.4 Å². The SMILES string of the molecule is COc1ccc(-c2noc(-c3cn(CC(=O)NCc4ccc(F)cc4)c4nc(C)ccc4c3=O)n2)cc1. The molecule has 0 aliphatic carbocycles. The van der Waals surface area contributed by atoms with Gasteiger partial charge in [0.2, 0.25) is 17.2 Å². The van der Waals surface area contributed by atoms with Gasteiger partial charge in [0.15, 0.2) is 0 Å². The summed E-state index contributed by atoms with van der Waals surface area (Å²) in [7, 11) is 1.58. The molecule has 0 radical (unpaired) electrons. The fourth-order valence-corrected chi connectivity index (χ4v) is 3.84. The number of methoxy groups -OCH3 is 1. The number of halogens is 1. The zero-order valence-electron chi connectivity index (χ0n) is 20.1. The van der Waals surface area contributed by atoms with E-state index in [1.54, 1.807) is 67.1 Å². The largest absolute Gasteiger partial charge is 0.497 e. The standard InChI is InChI=1S/C27H22FN5O4/c1-16-3-12-21-24(35)22(27-31-25(32-37-27)18-6-10-20(36-2)11-7-18)14-33(26(21)30-16)15-23(34)29-13-17-4-8-19(28)9-5-17/h3-12,14H,13,15H2,1-2H3,(H,29,34). The molecule has 5 rings (SSSR count). The highest BCUT2D eigenvalue weighted by Crippen LogP contribution is 2.24. The van der Waals surface area contributed by atoms with Gasteiger partial charge in [0.1, 0.15) is 29.3 Å². The van der Waals surface area contributed by atoms with E-state index in [0.29, 0.717) is 33.9 Å². The van der Waals surface area contributed by atoms with Gasteiger partial charge in [-0.15, -0.1) is 0 Å². The lowest BCUT2D eigenvalue weighted by atomic mass is 10.1. The molecule has 9 nitrogen and oxygen atoms in total. The quantitative estimate of drug-likeness (QED) is 0.362. The highest BCUT2D eigenvalue weighted by atomic mass is 19.1. The predicted molar refractivity (Wildman–Crippen MR) is 134 cm³/mol. The van der Waals surface area contributed by atoms with Crippen LogP contribution in [0.3, 0.4) is 0 Å². The molecule has 10 heteroatoms. The summed E-state index contributed by atoms with van der Waals surface area (Å²) >= 11 is 0. The Morgan fingerprint density at radius 3 is 2.54 bits per heavy atom. The monoisotopic (exact) mass is 499 g/mol. The van der Waals surface area contributed by atoms with Gasteiger partial charge >= 0.3 is 0 Å². The third kappa shape index (κ3) is 5.08. The van der Waals surface area contributed by atoms with Gasteiger partial charge in [-0.1, -0.05) is 17.3 Å². The normalized spacial score (nSPS) is 11.0. The lowest BCUT2D eigenvalue weighted by Crippen LogP contribution is -2.28. The maximum atomic E-state index is 13.3. The highest BCUT2D eigenvalue weighted by Gasteiger charge is 2.19. The van der Waals surface area contributed by atoms with Crippen LogP contribution in [-0.4, -0.2) is 32.7 Å². The Morgan fingerprint density at radius 2 is 1.81 bits per heavy atom. The third-order valence-corrected chi connectivity index (χ3v) is 5.78. The number of hydrogen-bond acceptors (Lipinski definition) is 7. The maximum absolute atomic E-state index is 13.3. The lowest BCUT2D eigenvalue weighted by Gasteiger charge is -2.12. The van der Waals surface area contributed by atoms with Crippen LogP contribution < -0.4 is 15.5 Å². The Labute approximate surface area is 210 Å². The van der Waals surface area contributed by atoms with Gasteiger partial charge in [0.05, 0.1) is 12.5 Å². The number of nitrogens with one attached hydrogen (secondary N) is 1. The summed E-state index contributed by atoms with van der Waals surface area (Å²) in [6, 6.07) is 16.4. The highest BCUT2D eigenvalue weighted by molar-refractivity contribution is 5.83. The molecule has 37 heavy (non-hydrogen) atoms. The number of carbonyl (C=O) groups is 1. The van der Waals surface area contributed by atoms with Gasteiger partial charge in [-0.3, -0.25) is 9.59 Å². The molecule has 3 aromatic heterocycles. The van der Waals surface area contributed by atoms with Crippen molar-refractivity contribution in [2.45, 2.75) is 20.0 Å². The van der Waals surface area contributed by atoms with Crippen LogP contribution in [-0.2, 0) is 17.9 Å². The molecule has 1 amide bonds. The van der Waals surface area contributed by atoms with Crippen LogP contribution in [0.4, 0.5) is 4.39 Å². The molecule has 3 heterocycles. The van der Waals surface area contributed by atoms with Crippen molar-refractivity contribution in [2.75, 3.05) is 7.11 Å². The Kier molecular flexibility index (Phi) is 6.46. The van der Waals surface area contributed by atoms with Crippen LogP contribution in [0, 0.1) is 12.7 Å². The third-order valence-electron chi connectivity index (χ3n) is 5.78. The minimum absolute atomic E-state index is 0.0266. The van der Waals surface area contributed by atoms with Crippen LogP contribution in [0.1, 0.15) is 11.3 Å². The average molecular weight is 500 g/mol. The van der Waals surface area contributed by atoms with Crippen molar-refractivity contribution in [3.05, 3.63) is 94.2 Å². The summed E-state index contributed by atoms with van der Waals surface area (Å²) in [5.74, 6) is 0.361. The molecular weight excluding hydrogens is 477 g/mol. The number of nitrogens with zero attached hydrogens (tertiary/aromatic N) is 4. The Morgan fingerprint density at radius 1 is 1.05 bits per heavy atom. The van der Waals surface area contributed by atoms with Crippen molar-refractivity contribution >= 4 is 16.9 Å². The van der Waals surface area contributed by atoms with Gasteiger partial charge in [-0.2, -0.15) is 4.98 Å². The summed E-state index contributed by atoms with van der Waals surface area (Å²) in [5.41, 5.74) is 2.31.